The molecule has 0 aromatic heterocycles. The molecule has 116 valence electrons. The van der Waals surface area contributed by atoms with Gasteiger partial charge < -0.3 is 19.7 Å². The highest BCUT2D eigenvalue weighted by atomic mass is 16.6. The summed E-state index contributed by atoms with van der Waals surface area (Å²) in [6.45, 7) is 8.11. The van der Waals surface area contributed by atoms with E-state index in [0.717, 1.165) is 24.6 Å². The van der Waals surface area contributed by atoms with E-state index in [2.05, 4.69) is 29.3 Å². The molecule has 0 amide bonds. The van der Waals surface area contributed by atoms with E-state index in [-0.39, 0.29) is 0 Å². The van der Waals surface area contributed by atoms with Crippen molar-refractivity contribution in [3.8, 4) is 11.5 Å². The fraction of sp³-hybridized carbons (Fsp3) is 0.647. The zero-order valence-electron chi connectivity index (χ0n) is 12.9. The smallest absolute Gasteiger partial charge is 0.161 e. The summed E-state index contributed by atoms with van der Waals surface area (Å²) in [6.07, 6.45) is 4.11. The summed E-state index contributed by atoms with van der Waals surface area (Å²) >= 11 is 0. The van der Waals surface area contributed by atoms with Crippen molar-refractivity contribution in [3.63, 3.8) is 0 Å². The third-order valence-electron chi connectivity index (χ3n) is 4.24. The third-order valence-corrected chi connectivity index (χ3v) is 4.24. The first-order valence-electron chi connectivity index (χ1n) is 8.15. The van der Waals surface area contributed by atoms with E-state index in [1.165, 1.54) is 37.9 Å². The minimum absolute atomic E-state index is 0.510. The quantitative estimate of drug-likeness (QED) is 0.903. The Kier molecular flexibility index (Phi) is 4.99. The zero-order valence-corrected chi connectivity index (χ0v) is 12.9. The van der Waals surface area contributed by atoms with E-state index in [0.29, 0.717) is 19.3 Å². The van der Waals surface area contributed by atoms with E-state index in [4.69, 9.17) is 9.47 Å². The topological polar surface area (TPSA) is 33.7 Å². The second kappa shape index (κ2) is 7.14. The Morgan fingerprint density at radius 3 is 2.67 bits per heavy atom. The number of rotatable bonds is 5. The molecule has 3 rings (SSSR count). The van der Waals surface area contributed by atoms with Crippen LogP contribution in [0.15, 0.2) is 18.2 Å². The van der Waals surface area contributed by atoms with Crippen LogP contribution in [-0.2, 0) is 6.54 Å². The lowest BCUT2D eigenvalue weighted by atomic mass is 10.1. The van der Waals surface area contributed by atoms with Crippen molar-refractivity contribution >= 4 is 0 Å². The molecule has 0 spiro atoms. The molecular formula is C17H26N2O2. The molecule has 0 aliphatic carbocycles. The fourth-order valence-corrected chi connectivity index (χ4v) is 3.08. The van der Waals surface area contributed by atoms with Crippen molar-refractivity contribution in [2.45, 2.75) is 38.8 Å². The maximum Gasteiger partial charge on any atom is 0.161 e. The van der Waals surface area contributed by atoms with Crippen molar-refractivity contribution < 1.29 is 9.47 Å². The number of nitrogens with zero attached hydrogens (tertiary/aromatic N) is 1. The van der Waals surface area contributed by atoms with Crippen molar-refractivity contribution in [2.24, 2.45) is 0 Å². The molecule has 1 fully saturated rings. The average Bonchev–Trinajstić information content (AvgIpc) is 2.54. The van der Waals surface area contributed by atoms with Crippen LogP contribution in [0.3, 0.4) is 0 Å². The summed E-state index contributed by atoms with van der Waals surface area (Å²) in [4.78, 5) is 2.57. The maximum absolute atomic E-state index is 5.63. The van der Waals surface area contributed by atoms with Crippen LogP contribution in [0.2, 0.25) is 0 Å². The molecule has 0 radical (unpaired) electrons. The molecule has 1 N–H and O–H groups in total. The van der Waals surface area contributed by atoms with Crippen LogP contribution < -0.4 is 14.8 Å². The molecule has 2 aliphatic rings. The molecule has 2 aliphatic heterocycles. The van der Waals surface area contributed by atoms with E-state index in [1.54, 1.807) is 0 Å². The number of likely N-dealkylation sites (tertiary alicyclic amines) is 1. The van der Waals surface area contributed by atoms with Gasteiger partial charge in [0, 0.05) is 19.1 Å². The van der Waals surface area contributed by atoms with Gasteiger partial charge in [-0.3, -0.25) is 0 Å². The number of hydrogen-bond donors (Lipinski definition) is 1. The van der Waals surface area contributed by atoms with Crippen molar-refractivity contribution in [1.29, 1.82) is 0 Å². The van der Waals surface area contributed by atoms with Gasteiger partial charge in [-0.15, -0.1) is 0 Å². The van der Waals surface area contributed by atoms with Gasteiger partial charge in [-0.1, -0.05) is 12.5 Å². The summed E-state index contributed by atoms with van der Waals surface area (Å²) in [6, 6.07) is 6.74. The van der Waals surface area contributed by atoms with Gasteiger partial charge in [0.2, 0.25) is 0 Å². The van der Waals surface area contributed by atoms with E-state index < -0.39 is 0 Å². The zero-order chi connectivity index (χ0) is 14.5. The summed E-state index contributed by atoms with van der Waals surface area (Å²) in [5, 5.41) is 3.61. The van der Waals surface area contributed by atoms with Crippen molar-refractivity contribution in [1.82, 2.24) is 10.2 Å². The summed E-state index contributed by atoms with van der Waals surface area (Å²) in [5.74, 6) is 1.75. The van der Waals surface area contributed by atoms with E-state index in [9.17, 15) is 0 Å². The van der Waals surface area contributed by atoms with Gasteiger partial charge in [0.05, 0.1) is 0 Å². The first-order valence-corrected chi connectivity index (χ1v) is 8.15. The van der Waals surface area contributed by atoms with Crippen molar-refractivity contribution in [2.75, 3.05) is 32.8 Å². The maximum atomic E-state index is 5.63. The Morgan fingerprint density at radius 2 is 1.86 bits per heavy atom. The average molecular weight is 290 g/mol. The Bertz CT molecular complexity index is 458. The number of ether oxygens (including phenoxy) is 2. The van der Waals surface area contributed by atoms with Crippen LogP contribution in [0.5, 0.6) is 11.5 Å². The predicted octanol–water partition coefficient (Wildman–Crippen LogP) is 2.42. The molecule has 21 heavy (non-hydrogen) atoms. The first kappa shape index (κ1) is 14.7. The van der Waals surface area contributed by atoms with Crippen LogP contribution in [0.1, 0.15) is 31.7 Å². The lowest BCUT2D eigenvalue weighted by Gasteiger charge is -2.29. The highest BCUT2D eigenvalue weighted by Crippen LogP contribution is 2.30. The minimum atomic E-state index is 0.510. The Labute approximate surface area is 127 Å². The molecule has 1 atom stereocenters. The van der Waals surface area contributed by atoms with Gasteiger partial charge in [0.1, 0.15) is 13.2 Å². The molecule has 4 heteroatoms. The van der Waals surface area contributed by atoms with Crippen LogP contribution in [0.4, 0.5) is 0 Å². The number of nitrogens with one attached hydrogen (secondary N) is 1. The van der Waals surface area contributed by atoms with Gasteiger partial charge in [0.25, 0.3) is 0 Å². The van der Waals surface area contributed by atoms with Crippen LogP contribution in [0, 0.1) is 0 Å². The number of benzene rings is 1. The monoisotopic (exact) mass is 290 g/mol. The number of piperidine rings is 1. The molecule has 0 saturated carbocycles. The highest BCUT2D eigenvalue weighted by Gasteiger charge is 2.14. The van der Waals surface area contributed by atoms with Crippen molar-refractivity contribution in [3.05, 3.63) is 23.8 Å². The molecule has 1 unspecified atom stereocenters. The van der Waals surface area contributed by atoms with Crippen LogP contribution in [0.25, 0.3) is 0 Å². The molecule has 4 nitrogen and oxygen atoms in total. The Balaban J connectivity index is 1.47. The van der Waals surface area contributed by atoms with E-state index in [1.807, 2.05) is 6.07 Å². The number of fused-ring (bicyclic) bond motifs is 1. The largest absolute Gasteiger partial charge is 0.486 e. The lowest BCUT2D eigenvalue weighted by molar-refractivity contribution is 0.171. The summed E-state index contributed by atoms with van der Waals surface area (Å²) in [5.41, 5.74) is 1.25. The SMILES string of the molecule is CC(CN1CCCCC1)NCc1ccc2c(c1)OCCO2. The van der Waals surface area contributed by atoms with Crippen LogP contribution in [-0.4, -0.2) is 43.8 Å². The first-order chi connectivity index (χ1) is 10.3. The van der Waals surface area contributed by atoms with Gasteiger partial charge in [-0.05, 0) is 50.6 Å². The Morgan fingerprint density at radius 1 is 1.10 bits per heavy atom. The molecule has 2 heterocycles. The van der Waals surface area contributed by atoms with Crippen LogP contribution >= 0.6 is 0 Å². The van der Waals surface area contributed by atoms with Gasteiger partial charge in [-0.2, -0.15) is 0 Å². The highest BCUT2D eigenvalue weighted by molar-refractivity contribution is 5.43. The van der Waals surface area contributed by atoms with Gasteiger partial charge >= 0.3 is 0 Å². The third kappa shape index (κ3) is 4.11. The van der Waals surface area contributed by atoms with E-state index >= 15 is 0 Å². The van der Waals surface area contributed by atoms with Gasteiger partial charge in [0.15, 0.2) is 11.5 Å². The standard InChI is InChI=1S/C17H26N2O2/c1-14(13-19-7-3-2-4-8-19)18-12-15-5-6-16-17(11-15)21-10-9-20-16/h5-6,11,14,18H,2-4,7-10,12-13H2,1H3. The summed E-state index contributed by atoms with van der Waals surface area (Å²) in [7, 11) is 0. The molecule has 1 saturated heterocycles. The molecule has 0 bridgehead atoms. The number of hydrogen-bond acceptors (Lipinski definition) is 4. The fourth-order valence-electron chi connectivity index (χ4n) is 3.08. The predicted molar refractivity (Wildman–Crippen MR) is 84.0 cm³/mol. The minimum Gasteiger partial charge on any atom is -0.486 e. The Hall–Kier alpha value is -1.26. The molecule has 1 aromatic carbocycles. The lowest BCUT2D eigenvalue weighted by Crippen LogP contribution is -2.41. The molecular weight excluding hydrogens is 264 g/mol. The molecule has 1 aromatic rings. The summed E-state index contributed by atoms with van der Waals surface area (Å²) < 4.78 is 11.2. The normalized spacial score (nSPS) is 20.2. The second-order valence-electron chi connectivity index (χ2n) is 6.12. The second-order valence-corrected chi connectivity index (χ2v) is 6.12. The van der Waals surface area contributed by atoms with Gasteiger partial charge in [-0.25, -0.2) is 0 Å².